The first-order valence-electron chi connectivity index (χ1n) is 4.97. The van der Waals surface area contributed by atoms with Gasteiger partial charge in [0.05, 0.1) is 6.04 Å². The number of aryl methyl sites for hydroxylation is 1. The van der Waals surface area contributed by atoms with Gasteiger partial charge in [0.1, 0.15) is 0 Å². The van der Waals surface area contributed by atoms with E-state index in [1.54, 1.807) is 11.3 Å². The van der Waals surface area contributed by atoms with Crippen LogP contribution >= 0.6 is 27.3 Å². The molecule has 1 aromatic heterocycles. The predicted octanol–water partition coefficient (Wildman–Crippen LogP) is 3.37. The van der Waals surface area contributed by atoms with Crippen molar-refractivity contribution in [2.75, 3.05) is 0 Å². The Hall–Kier alpha value is -0.680. The summed E-state index contributed by atoms with van der Waals surface area (Å²) in [6.07, 6.45) is 0. The van der Waals surface area contributed by atoms with Crippen molar-refractivity contribution in [3.63, 3.8) is 0 Å². The third-order valence-corrected chi connectivity index (χ3v) is 3.86. The van der Waals surface area contributed by atoms with Crippen molar-refractivity contribution in [2.45, 2.75) is 13.0 Å². The van der Waals surface area contributed by atoms with Crippen molar-refractivity contribution < 1.29 is 0 Å². The van der Waals surface area contributed by atoms with Crippen molar-refractivity contribution in [1.82, 2.24) is 5.43 Å². The third-order valence-electron chi connectivity index (χ3n) is 2.45. The zero-order valence-electron chi connectivity index (χ0n) is 8.91. The molecule has 0 spiro atoms. The normalized spacial score (nSPS) is 12.7. The Labute approximate surface area is 108 Å². The van der Waals surface area contributed by atoms with Crippen molar-refractivity contribution in [3.05, 3.63) is 56.2 Å². The molecule has 0 aliphatic carbocycles. The van der Waals surface area contributed by atoms with E-state index < -0.39 is 0 Å². The topological polar surface area (TPSA) is 38.0 Å². The fraction of sp³-hybridized carbons (Fsp3) is 0.167. The summed E-state index contributed by atoms with van der Waals surface area (Å²) in [4.78, 5) is 1.30. The summed E-state index contributed by atoms with van der Waals surface area (Å²) >= 11 is 5.17. The van der Waals surface area contributed by atoms with E-state index in [9.17, 15) is 0 Å². The second-order valence-electron chi connectivity index (χ2n) is 3.64. The number of hydrogen-bond acceptors (Lipinski definition) is 3. The van der Waals surface area contributed by atoms with Gasteiger partial charge in [-0.15, -0.1) is 11.3 Å². The summed E-state index contributed by atoms with van der Waals surface area (Å²) < 4.78 is 1.08. The molecule has 0 fully saturated rings. The third kappa shape index (κ3) is 2.52. The van der Waals surface area contributed by atoms with Gasteiger partial charge in [0.2, 0.25) is 0 Å². The molecule has 2 nitrogen and oxygen atoms in total. The summed E-state index contributed by atoms with van der Waals surface area (Å²) in [6, 6.07) is 10.4. The molecule has 3 N–H and O–H groups in total. The van der Waals surface area contributed by atoms with Gasteiger partial charge in [0.15, 0.2) is 0 Å². The summed E-state index contributed by atoms with van der Waals surface area (Å²) in [5, 5.41) is 2.14. The van der Waals surface area contributed by atoms with E-state index in [-0.39, 0.29) is 6.04 Å². The Bertz CT molecular complexity index is 464. The Morgan fingerprint density at radius 1 is 1.25 bits per heavy atom. The number of benzene rings is 1. The minimum Gasteiger partial charge on any atom is -0.271 e. The van der Waals surface area contributed by atoms with E-state index in [0.29, 0.717) is 0 Å². The van der Waals surface area contributed by atoms with Crippen LogP contribution in [-0.2, 0) is 0 Å². The molecule has 0 radical (unpaired) electrons. The van der Waals surface area contributed by atoms with Gasteiger partial charge < -0.3 is 0 Å². The van der Waals surface area contributed by atoms with Gasteiger partial charge in [-0.05, 0) is 41.6 Å². The Kier molecular flexibility index (Phi) is 3.76. The average molecular weight is 297 g/mol. The molecule has 0 saturated carbocycles. The van der Waals surface area contributed by atoms with Crippen molar-refractivity contribution in [1.29, 1.82) is 0 Å². The van der Waals surface area contributed by atoms with Crippen molar-refractivity contribution >= 4 is 27.3 Å². The largest absolute Gasteiger partial charge is 0.271 e. The maximum absolute atomic E-state index is 5.63. The maximum Gasteiger partial charge on any atom is 0.0718 e. The lowest BCUT2D eigenvalue weighted by Gasteiger charge is -2.15. The van der Waals surface area contributed by atoms with Gasteiger partial charge >= 0.3 is 0 Å². The van der Waals surface area contributed by atoms with Crippen LogP contribution in [0.5, 0.6) is 0 Å². The van der Waals surface area contributed by atoms with Crippen LogP contribution in [0.4, 0.5) is 0 Å². The lowest BCUT2D eigenvalue weighted by molar-refractivity contribution is 0.638. The molecule has 2 rings (SSSR count). The van der Waals surface area contributed by atoms with Crippen LogP contribution in [0.25, 0.3) is 0 Å². The Balaban J connectivity index is 2.32. The van der Waals surface area contributed by atoms with Crippen LogP contribution in [0.3, 0.4) is 0 Å². The highest BCUT2D eigenvalue weighted by atomic mass is 79.9. The number of hydrogen-bond donors (Lipinski definition) is 2. The molecule has 4 heteroatoms. The zero-order chi connectivity index (χ0) is 11.5. The summed E-state index contributed by atoms with van der Waals surface area (Å²) in [5.74, 6) is 5.63. The van der Waals surface area contributed by atoms with Gasteiger partial charge in [-0.2, -0.15) is 0 Å². The zero-order valence-corrected chi connectivity index (χ0v) is 11.3. The Morgan fingerprint density at radius 3 is 2.44 bits per heavy atom. The first kappa shape index (κ1) is 11.8. The number of thiophene rings is 1. The molecule has 1 heterocycles. The van der Waals surface area contributed by atoms with E-state index in [0.717, 1.165) is 4.47 Å². The Morgan fingerprint density at radius 2 is 1.94 bits per heavy atom. The average Bonchev–Trinajstić information content (AvgIpc) is 2.69. The molecule has 2 aromatic rings. The SMILES string of the molecule is Cc1cc(C(NN)c2ccc(Br)cc2)cs1. The van der Waals surface area contributed by atoms with Crippen molar-refractivity contribution in [3.8, 4) is 0 Å². The number of nitrogens with two attached hydrogens (primary N) is 1. The summed E-state index contributed by atoms with van der Waals surface area (Å²) in [7, 11) is 0. The van der Waals surface area contributed by atoms with E-state index in [2.05, 4.69) is 51.9 Å². The van der Waals surface area contributed by atoms with Gasteiger partial charge in [-0.3, -0.25) is 5.84 Å². The maximum atomic E-state index is 5.63. The fourth-order valence-electron chi connectivity index (χ4n) is 1.66. The quantitative estimate of drug-likeness (QED) is 0.673. The van der Waals surface area contributed by atoms with E-state index in [1.807, 2.05) is 12.1 Å². The highest BCUT2D eigenvalue weighted by Gasteiger charge is 2.13. The highest BCUT2D eigenvalue weighted by Crippen LogP contribution is 2.26. The number of nitrogens with one attached hydrogen (secondary N) is 1. The standard InChI is InChI=1S/C12H13BrN2S/c1-8-6-10(7-16-8)12(15-14)9-2-4-11(13)5-3-9/h2-7,12,15H,14H2,1H3. The molecule has 0 saturated heterocycles. The molecule has 16 heavy (non-hydrogen) atoms. The molecule has 0 aliphatic rings. The van der Waals surface area contributed by atoms with Gasteiger partial charge in [0, 0.05) is 9.35 Å². The first-order valence-corrected chi connectivity index (χ1v) is 6.64. The van der Waals surface area contributed by atoms with Crippen molar-refractivity contribution in [2.24, 2.45) is 5.84 Å². The molecule has 0 aliphatic heterocycles. The van der Waals surface area contributed by atoms with Crippen LogP contribution in [-0.4, -0.2) is 0 Å². The lowest BCUT2D eigenvalue weighted by atomic mass is 10.0. The first-order chi connectivity index (χ1) is 7.70. The van der Waals surface area contributed by atoms with Crippen LogP contribution in [0.1, 0.15) is 22.0 Å². The molecule has 1 aromatic carbocycles. The second kappa shape index (κ2) is 5.10. The van der Waals surface area contributed by atoms with Gasteiger partial charge in [0.25, 0.3) is 0 Å². The molecule has 1 atom stereocenters. The monoisotopic (exact) mass is 296 g/mol. The van der Waals surface area contributed by atoms with Crippen LogP contribution in [0.2, 0.25) is 0 Å². The highest BCUT2D eigenvalue weighted by molar-refractivity contribution is 9.10. The van der Waals surface area contributed by atoms with Crippen LogP contribution in [0.15, 0.2) is 40.2 Å². The smallest absolute Gasteiger partial charge is 0.0718 e. The van der Waals surface area contributed by atoms with Crippen LogP contribution in [0, 0.1) is 6.92 Å². The minimum atomic E-state index is 0.0676. The van der Waals surface area contributed by atoms with E-state index in [4.69, 9.17) is 5.84 Å². The number of halogens is 1. The van der Waals surface area contributed by atoms with E-state index >= 15 is 0 Å². The summed E-state index contributed by atoms with van der Waals surface area (Å²) in [5.41, 5.74) is 5.24. The van der Waals surface area contributed by atoms with Crippen LogP contribution < -0.4 is 11.3 Å². The molecule has 0 amide bonds. The molecule has 0 bridgehead atoms. The number of hydrazine groups is 1. The molecular weight excluding hydrogens is 284 g/mol. The molecule has 1 unspecified atom stereocenters. The predicted molar refractivity (Wildman–Crippen MR) is 72.4 cm³/mol. The fourth-order valence-corrected chi connectivity index (χ4v) is 2.65. The molecular formula is C12H13BrN2S. The lowest BCUT2D eigenvalue weighted by Crippen LogP contribution is -2.28. The summed E-state index contributed by atoms with van der Waals surface area (Å²) in [6.45, 7) is 2.10. The van der Waals surface area contributed by atoms with Gasteiger partial charge in [-0.1, -0.05) is 28.1 Å². The minimum absolute atomic E-state index is 0.0676. The second-order valence-corrected chi connectivity index (χ2v) is 5.67. The number of rotatable bonds is 3. The molecule has 84 valence electrons. The van der Waals surface area contributed by atoms with E-state index in [1.165, 1.54) is 16.0 Å². The van der Waals surface area contributed by atoms with Gasteiger partial charge in [-0.25, -0.2) is 5.43 Å².